The molecule has 0 aliphatic carbocycles. The molecule has 0 bridgehead atoms. The Morgan fingerprint density at radius 3 is 2.73 bits per heavy atom. The molecule has 0 aliphatic rings. The summed E-state index contributed by atoms with van der Waals surface area (Å²) in [7, 11) is 0. The third-order valence-electron chi connectivity index (χ3n) is 4.07. The summed E-state index contributed by atoms with van der Waals surface area (Å²) < 4.78 is 28.4. The third kappa shape index (κ3) is 3.99. The fraction of sp³-hybridized carbons (Fsp3) is 0.263. The number of carbonyl (C=O) groups excluding carboxylic acids is 1. The summed E-state index contributed by atoms with van der Waals surface area (Å²) in [5.74, 6) is -1.10. The van der Waals surface area contributed by atoms with E-state index in [1.54, 1.807) is 29.4 Å². The number of nitrogens with zero attached hydrogens (tertiary/aromatic N) is 3. The van der Waals surface area contributed by atoms with Gasteiger partial charge in [0, 0.05) is 25.0 Å². The first-order chi connectivity index (χ1) is 12.5. The zero-order valence-corrected chi connectivity index (χ0v) is 15.3. The molecule has 0 unspecified atom stereocenters. The van der Waals surface area contributed by atoms with E-state index >= 15 is 0 Å². The molecule has 0 fully saturated rings. The number of halogens is 2. The van der Waals surface area contributed by atoms with Crippen molar-refractivity contribution in [1.82, 2.24) is 14.5 Å². The Kier molecular flexibility index (Phi) is 5.46. The van der Waals surface area contributed by atoms with Crippen LogP contribution in [0.4, 0.5) is 8.78 Å². The Labute approximate surface area is 154 Å². The van der Waals surface area contributed by atoms with Crippen LogP contribution in [-0.4, -0.2) is 26.4 Å². The van der Waals surface area contributed by atoms with Crippen molar-refractivity contribution in [3.05, 3.63) is 76.0 Å². The van der Waals surface area contributed by atoms with E-state index in [-0.39, 0.29) is 11.9 Å². The van der Waals surface area contributed by atoms with Crippen LogP contribution in [0.2, 0.25) is 0 Å². The van der Waals surface area contributed by atoms with Crippen LogP contribution in [-0.2, 0) is 13.1 Å². The van der Waals surface area contributed by atoms with E-state index in [2.05, 4.69) is 4.98 Å². The smallest absolute Gasteiger partial charge is 0.264 e. The second-order valence-corrected chi connectivity index (χ2v) is 7.17. The normalized spacial score (nSPS) is 11.1. The molecule has 1 aromatic carbocycles. The van der Waals surface area contributed by atoms with E-state index in [9.17, 15) is 13.6 Å². The van der Waals surface area contributed by atoms with Crippen molar-refractivity contribution < 1.29 is 13.6 Å². The van der Waals surface area contributed by atoms with E-state index in [0.29, 0.717) is 29.4 Å². The highest BCUT2D eigenvalue weighted by molar-refractivity contribution is 7.12. The molecule has 0 saturated heterocycles. The third-order valence-corrected chi connectivity index (χ3v) is 4.92. The van der Waals surface area contributed by atoms with Gasteiger partial charge < -0.3 is 9.47 Å². The molecule has 7 heteroatoms. The van der Waals surface area contributed by atoms with Gasteiger partial charge in [0.15, 0.2) is 11.6 Å². The molecule has 26 heavy (non-hydrogen) atoms. The fourth-order valence-corrected chi connectivity index (χ4v) is 3.33. The number of hydrogen-bond donors (Lipinski definition) is 0. The van der Waals surface area contributed by atoms with E-state index in [1.807, 2.05) is 29.9 Å². The molecule has 2 heterocycles. The second kappa shape index (κ2) is 7.78. The maximum atomic E-state index is 13.4. The van der Waals surface area contributed by atoms with Crippen molar-refractivity contribution in [2.75, 3.05) is 0 Å². The number of hydrogen-bond acceptors (Lipinski definition) is 3. The average molecular weight is 375 g/mol. The molecule has 0 spiro atoms. The predicted molar refractivity (Wildman–Crippen MR) is 97.0 cm³/mol. The van der Waals surface area contributed by atoms with Gasteiger partial charge in [-0.2, -0.15) is 0 Å². The minimum absolute atomic E-state index is 0.00184. The Balaban J connectivity index is 1.80. The number of carbonyl (C=O) groups is 1. The molecule has 0 saturated carbocycles. The van der Waals surface area contributed by atoms with Crippen LogP contribution in [0, 0.1) is 11.6 Å². The summed E-state index contributed by atoms with van der Waals surface area (Å²) in [4.78, 5) is 19.5. The molecule has 3 rings (SSSR count). The molecular weight excluding hydrogens is 356 g/mol. The zero-order valence-electron chi connectivity index (χ0n) is 14.5. The Morgan fingerprint density at radius 1 is 1.27 bits per heavy atom. The lowest BCUT2D eigenvalue weighted by molar-refractivity contribution is 0.0688. The lowest BCUT2D eigenvalue weighted by atomic mass is 10.2. The molecule has 0 aliphatic heterocycles. The van der Waals surface area contributed by atoms with Gasteiger partial charge >= 0.3 is 0 Å². The van der Waals surface area contributed by atoms with Gasteiger partial charge in [-0.1, -0.05) is 12.1 Å². The van der Waals surface area contributed by atoms with Gasteiger partial charge in [0.1, 0.15) is 5.82 Å². The molecule has 136 valence electrons. The van der Waals surface area contributed by atoms with Crippen molar-refractivity contribution in [1.29, 1.82) is 0 Å². The summed E-state index contributed by atoms with van der Waals surface area (Å²) in [6.45, 7) is 4.60. The number of benzene rings is 1. The fourth-order valence-electron chi connectivity index (χ4n) is 2.65. The van der Waals surface area contributed by atoms with Crippen molar-refractivity contribution in [2.24, 2.45) is 0 Å². The van der Waals surface area contributed by atoms with E-state index < -0.39 is 11.6 Å². The maximum Gasteiger partial charge on any atom is 0.264 e. The zero-order chi connectivity index (χ0) is 18.7. The first kappa shape index (κ1) is 18.3. The molecule has 0 N–H and O–H groups in total. The van der Waals surface area contributed by atoms with E-state index in [1.165, 1.54) is 17.4 Å². The number of aromatic nitrogens is 2. The lowest BCUT2D eigenvalue weighted by Gasteiger charge is -2.26. The number of imidazole rings is 1. The minimum atomic E-state index is -0.874. The highest BCUT2D eigenvalue weighted by Gasteiger charge is 2.21. The molecule has 1 amide bonds. The van der Waals surface area contributed by atoms with Crippen molar-refractivity contribution >= 4 is 17.2 Å². The monoisotopic (exact) mass is 375 g/mol. The van der Waals surface area contributed by atoms with Crippen molar-refractivity contribution in [3.8, 4) is 0 Å². The van der Waals surface area contributed by atoms with Gasteiger partial charge in [0.2, 0.25) is 0 Å². The topological polar surface area (TPSA) is 38.1 Å². The van der Waals surface area contributed by atoms with Crippen LogP contribution in [0.15, 0.2) is 48.1 Å². The molecule has 0 atom stereocenters. The summed E-state index contributed by atoms with van der Waals surface area (Å²) in [5.41, 5.74) is 0.629. The van der Waals surface area contributed by atoms with Gasteiger partial charge in [0.25, 0.3) is 5.91 Å². The number of thiophene rings is 1. The Morgan fingerprint density at radius 2 is 2.08 bits per heavy atom. The van der Waals surface area contributed by atoms with Gasteiger partial charge in [-0.05, 0) is 43.0 Å². The quantitative estimate of drug-likeness (QED) is 0.643. The maximum absolute atomic E-state index is 13.4. The van der Waals surface area contributed by atoms with Crippen LogP contribution < -0.4 is 0 Å². The van der Waals surface area contributed by atoms with Crippen LogP contribution in [0.5, 0.6) is 0 Å². The number of rotatable bonds is 6. The van der Waals surface area contributed by atoms with Crippen molar-refractivity contribution in [2.45, 2.75) is 33.0 Å². The van der Waals surface area contributed by atoms with Crippen LogP contribution in [0.1, 0.15) is 34.9 Å². The largest absolute Gasteiger partial charge is 0.329 e. The Bertz CT molecular complexity index is 890. The van der Waals surface area contributed by atoms with Crippen LogP contribution in [0.3, 0.4) is 0 Å². The van der Waals surface area contributed by atoms with Gasteiger partial charge in [-0.25, -0.2) is 13.8 Å². The first-order valence-corrected chi connectivity index (χ1v) is 9.12. The van der Waals surface area contributed by atoms with E-state index in [0.717, 1.165) is 6.07 Å². The standard InChI is InChI=1S/C19H19F2N3OS/c1-13(2)24(19(25)17-4-3-9-26-17)12-18-22-7-8-23(18)11-14-5-6-15(20)16(21)10-14/h3-10,13H,11-12H2,1-2H3. The lowest BCUT2D eigenvalue weighted by Crippen LogP contribution is -2.36. The SMILES string of the molecule is CC(C)N(Cc1nccn1Cc1ccc(F)c(F)c1)C(=O)c1cccs1. The van der Waals surface area contributed by atoms with Crippen LogP contribution >= 0.6 is 11.3 Å². The molecule has 2 aromatic heterocycles. The highest BCUT2D eigenvalue weighted by atomic mass is 32.1. The van der Waals surface area contributed by atoms with Gasteiger partial charge in [0.05, 0.1) is 11.4 Å². The molecule has 3 aromatic rings. The summed E-state index contributed by atoms with van der Waals surface area (Å²) >= 11 is 1.40. The predicted octanol–water partition coefficient (Wildman–Crippen LogP) is 4.32. The van der Waals surface area contributed by atoms with E-state index in [4.69, 9.17) is 0 Å². The summed E-state index contributed by atoms with van der Waals surface area (Å²) in [6.07, 6.45) is 3.41. The highest BCUT2D eigenvalue weighted by Crippen LogP contribution is 2.17. The molecule has 4 nitrogen and oxygen atoms in total. The number of amides is 1. The average Bonchev–Trinajstić information content (AvgIpc) is 3.27. The molecular formula is C19H19F2N3OS. The first-order valence-electron chi connectivity index (χ1n) is 8.24. The second-order valence-electron chi connectivity index (χ2n) is 6.22. The minimum Gasteiger partial charge on any atom is -0.329 e. The molecule has 0 radical (unpaired) electrons. The summed E-state index contributed by atoms with van der Waals surface area (Å²) in [6, 6.07) is 7.48. The summed E-state index contributed by atoms with van der Waals surface area (Å²) in [5, 5.41) is 1.87. The van der Waals surface area contributed by atoms with Crippen molar-refractivity contribution in [3.63, 3.8) is 0 Å². The van der Waals surface area contributed by atoms with Crippen LogP contribution in [0.25, 0.3) is 0 Å². The van der Waals surface area contributed by atoms with Gasteiger partial charge in [-0.3, -0.25) is 4.79 Å². The van der Waals surface area contributed by atoms with Gasteiger partial charge in [-0.15, -0.1) is 11.3 Å². The Hall–Kier alpha value is -2.54.